The Morgan fingerprint density at radius 3 is 2.74 bits per heavy atom. The predicted molar refractivity (Wildman–Crippen MR) is 82.5 cm³/mol. The van der Waals surface area contributed by atoms with Crippen LogP contribution in [0, 0.1) is 0 Å². The highest BCUT2D eigenvalue weighted by Crippen LogP contribution is 2.18. The molecule has 1 aliphatic heterocycles. The van der Waals surface area contributed by atoms with Crippen LogP contribution < -0.4 is 4.72 Å². The van der Waals surface area contributed by atoms with Crippen molar-refractivity contribution in [1.82, 2.24) is 9.73 Å². The molecule has 9 heteroatoms. The van der Waals surface area contributed by atoms with E-state index in [-0.39, 0.29) is 16.5 Å². The van der Waals surface area contributed by atoms with Crippen molar-refractivity contribution in [1.29, 1.82) is 0 Å². The number of rotatable bonds is 4. The van der Waals surface area contributed by atoms with Crippen molar-refractivity contribution in [3.05, 3.63) is 29.8 Å². The number of hydrazone groups is 1. The van der Waals surface area contributed by atoms with Gasteiger partial charge in [0.15, 0.2) is 0 Å². The second-order valence-electron chi connectivity index (χ2n) is 4.84. The van der Waals surface area contributed by atoms with Crippen LogP contribution in [-0.4, -0.2) is 44.8 Å². The van der Waals surface area contributed by atoms with Gasteiger partial charge in [0.2, 0.25) is 0 Å². The fourth-order valence-corrected chi connectivity index (χ4v) is 3.34. The summed E-state index contributed by atoms with van der Waals surface area (Å²) in [5.41, 5.74) is -0.146. The molecule has 1 aromatic carbocycles. The van der Waals surface area contributed by atoms with Crippen LogP contribution in [0.2, 0.25) is 0 Å². The van der Waals surface area contributed by atoms with Gasteiger partial charge < -0.3 is 4.74 Å². The Morgan fingerprint density at radius 2 is 2.09 bits per heavy atom. The summed E-state index contributed by atoms with van der Waals surface area (Å²) in [4.78, 5) is 23.5. The summed E-state index contributed by atoms with van der Waals surface area (Å²) in [6.45, 7) is 1.88. The van der Waals surface area contributed by atoms with Gasteiger partial charge in [-0.15, -0.1) is 0 Å². The lowest BCUT2D eigenvalue weighted by atomic mass is 10.2. The van der Waals surface area contributed by atoms with Gasteiger partial charge in [0, 0.05) is 12.6 Å². The minimum Gasteiger partial charge on any atom is -0.465 e. The average Bonchev–Trinajstić information content (AvgIpc) is 3.02. The number of benzene rings is 1. The second kappa shape index (κ2) is 6.78. The monoisotopic (exact) mass is 339 g/mol. The molecule has 0 spiro atoms. The van der Waals surface area contributed by atoms with Crippen LogP contribution in [0.15, 0.2) is 34.3 Å². The maximum atomic E-state index is 12.4. The molecule has 1 unspecified atom stereocenters. The number of esters is 1. The van der Waals surface area contributed by atoms with Gasteiger partial charge in [-0.2, -0.15) is 5.10 Å². The number of hydrogen-bond donors (Lipinski definition) is 1. The highest BCUT2D eigenvalue weighted by atomic mass is 32.2. The Bertz CT molecular complexity index is 745. The fourth-order valence-electron chi connectivity index (χ4n) is 2.21. The number of carbonyl (C=O) groups is 2. The number of sulfonamides is 1. The molecule has 1 atom stereocenters. The van der Waals surface area contributed by atoms with Gasteiger partial charge in [0.05, 0.1) is 18.7 Å². The van der Waals surface area contributed by atoms with Gasteiger partial charge in [0.1, 0.15) is 4.90 Å². The van der Waals surface area contributed by atoms with Crippen molar-refractivity contribution in [3.8, 4) is 0 Å². The van der Waals surface area contributed by atoms with Gasteiger partial charge in [-0.3, -0.25) is 0 Å². The number of nitrogens with one attached hydrogen (secondary N) is 1. The number of amides is 2. The molecular formula is C14H17N3O5S. The SMILES string of the molecule is CCC1CC=NN1C(=O)NS(=O)(=O)c1ccccc1C(=O)OC. The van der Waals surface area contributed by atoms with E-state index in [0.29, 0.717) is 12.8 Å². The minimum atomic E-state index is -4.23. The van der Waals surface area contributed by atoms with Gasteiger partial charge in [0.25, 0.3) is 10.0 Å². The molecule has 0 saturated heterocycles. The summed E-state index contributed by atoms with van der Waals surface area (Å²) in [5.74, 6) is -0.802. The fraction of sp³-hybridized carbons (Fsp3) is 0.357. The number of hydrogen-bond acceptors (Lipinski definition) is 6. The number of methoxy groups -OCH3 is 1. The molecule has 0 radical (unpaired) electrons. The Kier molecular flexibility index (Phi) is 4.99. The largest absolute Gasteiger partial charge is 0.465 e. The van der Waals surface area contributed by atoms with Gasteiger partial charge in [-0.1, -0.05) is 19.1 Å². The van der Waals surface area contributed by atoms with Crippen LogP contribution in [0.5, 0.6) is 0 Å². The van der Waals surface area contributed by atoms with Crippen LogP contribution in [0.1, 0.15) is 30.1 Å². The third-order valence-corrected chi connectivity index (χ3v) is 4.79. The van der Waals surface area contributed by atoms with E-state index < -0.39 is 22.0 Å². The van der Waals surface area contributed by atoms with Crippen molar-refractivity contribution in [2.75, 3.05) is 7.11 Å². The highest BCUT2D eigenvalue weighted by Gasteiger charge is 2.30. The third kappa shape index (κ3) is 3.50. The highest BCUT2D eigenvalue weighted by molar-refractivity contribution is 7.90. The van der Waals surface area contributed by atoms with E-state index >= 15 is 0 Å². The first kappa shape index (κ1) is 16.9. The lowest BCUT2D eigenvalue weighted by Crippen LogP contribution is -2.43. The van der Waals surface area contributed by atoms with Crippen LogP contribution in [0.25, 0.3) is 0 Å². The van der Waals surface area contributed by atoms with Gasteiger partial charge in [-0.25, -0.2) is 27.7 Å². The average molecular weight is 339 g/mol. The maximum absolute atomic E-state index is 12.4. The summed E-state index contributed by atoms with van der Waals surface area (Å²) < 4.78 is 31.3. The summed E-state index contributed by atoms with van der Waals surface area (Å²) in [5, 5.41) is 4.98. The van der Waals surface area contributed by atoms with Crippen molar-refractivity contribution >= 4 is 28.2 Å². The molecule has 2 amide bonds. The first-order valence-electron chi connectivity index (χ1n) is 6.96. The molecule has 0 aliphatic carbocycles. The maximum Gasteiger partial charge on any atom is 0.351 e. The topological polar surface area (TPSA) is 105 Å². The summed E-state index contributed by atoms with van der Waals surface area (Å²) >= 11 is 0. The quantitative estimate of drug-likeness (QED) is 0.834. The smallest absolute Gasteiger partial charge is 0.351 e. The number of nitrogens with zero attached hydrogens (tertiary/aromatic N) is 2. The zero-order valence-electron chi connectivity index (χ0n) is 12.7. The zero-order valence-corrected chi connectivity index (χ0v) is 13.5. The second-order valence-corrected chi connectivity index (χ2v) is 6.49. The Hall–Kier alpha value is -2.42. The number of carbonyl (C=O) groups excluding carboxylic acids is 2. The molecule has 1 aliphatic rings. The molecule has 2 rings (SSSR count). The van der Waals surface area contributed by atoms with E-state index in [2.05, 4.69) is 9.84 Å². The van der Waals surface area contributed by atoms with E-state index in [1.165, 1.54) is 24.3 Å². The van der Waals surface area contributed by atoms with E-state index in [1.54, 1.807) is 6.21 Å². The zero-order chi connectivity index (χ0) is 17.0. The normalized spacial score (nSPS) is 17.1. The van der Waals surface area contributed by atoms with E-state index in [4.69, 9.17) is 0 Å². The molecule has 23 heavy (non-hydrogen) atoms. The van der Waals surface area contributed by atoms with Crippen LogP contribution in [-0.2, 0) is 14.8 Å². The molecular weight excluding hydrogens is 322 g/mol. The molecule has 1 N–H and O–H groups in total. The van der Waals surface area contributed by atoms with Crippen LogP contribution in [0.3, 0.4) is 0 Å². The number of ether oxygens (including phenoxy) is 1. The van der Waals surface area contributed by atoms with Crippen molar-refractivity contribution in [2.24, 2.45) is 5.10 Å². The van der Waals surface area contributed by atoms with Crippen LogP contribution >= 0.6 is 0 Å². The number of urea groups is 1. The van der Waals surface area contributed by atoms with Crippen molar-refractivity contribution in [3.63, 3.8) is 0 Å². The van der Waals surface area contributed by atoms with E-state index in [1.807, 2.05) is 11.6 Å². The van der Waals surface area contributed by atoms with Gasteiger partial charge in [-0.05, 0) is 18.6 Å². The van der Waals surface area contributed by atoms with Crippen LogP contribution in [0.4, 0.5) is 4.79 Å². The standard InChI is InChI=1S/C14H17N3O5S/c1-3-10-8-9-15-17(10)14(19)16-23(20,21)12-7-5-4-6-11(12)13(18)22-2/h4-7,9-10H,3,8H2,1-2H3,(H,16,19). The molecule has 0 bridgehead atoms. The lowest BCUT2D eigenvalue weighted by molar-refractivity contribution is 0.0596. The lowest BCUT2D eigenvalue weighted by Gasteiger charge is -2.21. The Balaban J connectivity index is 2.28. The van der Waals surface area contributed by atoms with E-state index in [0.717, 1.165) is 12.1 Å². The first-order chi connectivity index (χ1) is 10.9. The molecule has 1 aromatic rings. The molecule has 1 heterocycles. The molecule has 0 aromatic heterocycles. The first-order valence-corrected chi connectivity index (χ1v) is 8.44. The van der Waals surface area contributed by atoms with Crippen molar-refractivity contribution in [2.45, 2.75) is 30.7 Å². The van der Waals surface area contributed by atoms with Crippen molar-refractivity contribution < 1.29 is 22.7 Å². The molecule has 0 saturated carbocycles. The van der Waals surface area contributed by atoms with Gasteiger partial charge >= 0.3 is 12.0 Å². The molecule has 8 nitrogen and oxygen atoms in total. The molecule has 0 fully saturated rings. The molecule has 124 valence electrons. The van der Waals surface area contributed by atoms with E-state index in [9.17, 15) is 18.0 Å². The minimum absolute atomic E-state index is 0.146. The summed E-state index contributed by atoms with van der Waals surface area (Å²) in [6, 6.07) is 4.46. The Labute approximate surface area is 134 Å². The predicted octanol–water partition coefficient (Wildman–Crippen LogP) is 1.34. The summed E-state index contributed by atoms with van der Waals surface area (Å²) in [6.07, 6.45) is 2.78. The Morgan fingerprint density at radius 1 is 1.39 bits per heavy atom. The third-order valence-electron chi connectivity index (χ3n) is 3.41. The summed E-state index contributed by atoms with van der Waals surface area (Å²) in [7, 11) is -3.08.